The summed E-state index contributed by atoms with van der Waals surface area (Å²) in [6.45, 7) is 4.99. The Morgan fingerprint density at radius 1 is 1.15 bits per heavy atom. The van der Waals surface area contributed by atoms with E-state index in [1.54, 1.807) is 24.3 Å². The number of rotatable bonds is 6. The number of amides is 2. The summed E-state index contributed by atoms with van der Waals surface area (Å²) in [6, 6.07) is -0.600. The lowest BCUT2D eigenvalue weighted by Crippen LogP contribution is -2.45. The number of aryl methyl sites for hydroxylation is 2. The standard InChI is InChI=1S/C22H27N9O2/c1-4-30-19(14-8-24-12(2)25-9-14)29-17-18(26-11-27-20(17)30)28-15-7-16(21(32)23-3)31(10-15)22(33)13-5-6-13/h8-9,11,13,15-16H,4-7,10H2,1-3H3,(H,23,32)(H,26,27,28)/t15-,16+/m0/s1. The van der Waals surface area contributed by atoms with Crippen LogP contribution in [-0.2, 0) is 16.1 Å². The van der Waals surface area contributed by atoms with Crippen molar-refractivity contribution in [2.45, 2.75) is 51.7 Å². The summed E-state index contributed by atoms with van der Waals surface area (Å²) in [7, 11) is 1.60. The zero-order valence-electron chi connectivity index (χ0n) is 18.9. The highest BCUT2D eigenvalue weighted by Gasteiger charge is 2.44. The first-order chi connectivity index (χ1) is 16.0. The highest BCUT2D eigenvalue weighted by atomic mass is 16.2. The quantitative estimate of drug-likeness (QED) is 0.573. The van der Waals surface area contributed by atoms with Gasteiger partial charge in [0, 0.05) is 44.5 Å². The Bertz CT molecular complexity index is 1200. The first-order valence-electron chi connectivity index (χ1n) is 11.3. The molecule has 2 aliphatic rings. The lowest BCUT2D eigenvalue weighted by Gasteiger charge is -2.23. The fourth-order valence-corrected chi connectivity index (χ4v) is 4.43. The van der Waals surface area contributed by atoms with Crippen LogP contribution >= 0.6 is 0 Å². The van der Waals surface area contributed by atoms with Gasteiger partial charge in [-0.15, -0.1) is 0 Å². The smallest absolute Gasteiger partial charge is 0.242 e. The number of likely N-dealkylation sites (N-methyl/N-ethyl adjacent to an activating group) is 1. The van der Waals surface area contributed by atoms with E-state index in [1.165, 1.54) is 6.33 Å². The van der Waals surface area contributed by atoms with E-state index in [9.17, 15) is 9.59 Å². The van der Waals surface area contributed by atoms with Crippen LogP contribution in [0.1, 0.15) is 32.0 Å². The van der Waals surface area contributed by atoms with Crippen LogP contribution in [0.3, 0.4) is 0 Å². The van der Waals surface area contributed by atoms with Gasteiger partial charge in [0.15, 0.2) is 17.0 Å². The summed E-state index contributed by atoms with van der Waals surface area (Å²) in [4.78, 5) is 49.3. The molecule has 1 aliphatic carbocycles. The van der Waals surface area contributed by atoms with E-state index in [1.807, 2.05) is 18.4 Å². The summed E-state index contributed by atoms with van der Waals surface area (Å²) in [5.74, 6) is 1.98. The molecule has 11 nitrogen and oxygen atoms in total. The average Bonchev–Trinajstić information content (AvgIpc) is 3.48. The molecule has 2 fully saturated rings. The third kappa shape index (κ3) is 3.87. The number of nitrogens with zero attached hydrogens (tertiary/aromatic N) is 7. The van der Waals surface area contributed by atoms with E-state index < -0.39 is 6.04 Å². The number of hydrogen-bond acceptors (Lipinski definition) is 8. The molecule has 0 spiro atoms. The summed E-state index contributed by atoms with van der Waals surface area (Å²) >= 11 is 0. The first kappa shape index (κ1) is 21.2. The van der Waals surface area contributed by atoms with E-state index in [0.29, 0.717) is 42.3 Å². The van der Waals surface area contributed by atoms with Crippen molar-refractivity contribution in [3.63, 3.8) is 0 Å². The minimum atomic E-state index is -0.480. The van der Waals surface area contributed by atoms with Crippen molar-refractivity contribution in [3.05, 3.63) is 24.5 Å². The molecule has 11 heteroatoms. The second-order valence-corrected chi connectivity index (χ2v) is 8.56. The van der Waals surface area contributed by atoms with E-state index >= 15 is 0 Å². The summed E-state index contributed by atoms with van der Waals surface area (Å²) < 4.78 is 2.00. The third-order valence-corrected chi connectivity index (χ3v) is 6.29. The molecule has 33 heavy (non-hydrogen) atoms. The van der Waals surface area contributed by atoms with Crippen LogP contribution in [0.4, 0.5) is 5.82 Å². The normalized spacial score (nSPS) is 20.3. The van der Waals surface area contributed by atoms with Crippen molar-refractivity contribution in [3.8, 4) is 11.4 Å². The monoisotopic (exact) mass is 449 g/mol. The number of carbonyl (C=O) groups is 2. The fraction of sp³-hybridized carbons (Fsp3) is 0.500. The minimum Gasteiger partial charge on any atom is -0.363 e. The Morgan fingerprint density at radius 2 is 1.91 bits per heavy atom. The molecule has 2 atom stereocenters. The van der Waals surface area contributed by atoms with Gasteiger partial charge in [-0.25, -0.2) is 24.9 Å². The predicted molar refractivity (Wildman–Crippen MR) is 121 cm³/mol. The lowest BCUT2D eigenvalue weighted by molar-refractivity contribution is -0.139. The highest BCUT2D eigenvalue weighted by molar-refractivity contribution is 5.90. The average molecular weight is 450 g/mol. The van der Waals surface area contributed by atoms with Gasteiger partial charge in [0.25, 0.3) is 0 Å². The van der Waals surface area contributed by atoms with Gasteiger partial charge in [0.05, 0.1) is 5.56 Å². The number of nitrogens with one attached hydrogen (secondary N) is 2. The summed E-state index contributed by atoms with van der Waals surface area (Å²) in [6.07, 6.45) is 7.33. The molecule has 0 unspecified atom stereocenters. The zero-order valence-corrected chi connectivity index (χ0v) is 18.9. The molecule has 172 valence electrons. The van der Waals surface area contributed by atoms with Crippen LogP contribution in [0.5, 0.6) is 0 Å². The van der Waals surface area contributed by atoms with E-state index in [2.05, 4.69) is 30.6 Å². The number of carbonyl (C=O) groups excluding carboxylic acids is 2. The molecular formula is C22H27N9O2. The number of imidazole rings is 1. The van der Waals surface area contributed by atoms with Crippen LogP contribution in [0, 0.1) is 12.8 Å². The molecule has 1 saturated carbocycles. The Hall–Kier alpha value is -3.63. The zero-order chi connectivity index (χ0) is 23.1. The van der Waals surface area contributed by atoms with Crippen LogP contribution < -0.4 is 10.6 Å². The molecule has 0 aromatic carbocycles. The van der Waals surface area contributed by atoms with Crippen molar-refractivity contribution < 1.29 is 9.59 Å². The van der Waals surface area contributed by atoms with Crippen molar-refractivity contribution in [2.75, 3.05) is 18.9 Å². The molecule has 3 aromatic heterocycles. The van der Waals surface area contributed by atoms with Gasteiger partial charge in [0.1, 0.15) is 24.0 Å². The van der Waals surface area contributed by atoms with Crippen molar-refractivity contribution >= 4 is 28.8 Å². The van der Waals surface area contributed by atoms with Gasteiger partial charge in [-0.05, 0) is 33.1 Å². The molecule has 2 N–H and O–H groups in total. The predicted octanol–water partition coefficient (Wildman–Crippen LogP) is 1.15. The maximum atomic E-state index is 12.8. The van der Waals surface area contributed by atoms with Gasteiger partial charge in [-0.3, -0.25) is 9.59 Å². The maximum Gasteiger partial charge on any atom is 0.242 e. The largest absolute Gasteiger partial charge is 0.363 e. The molecule has 1 saturated heterocycles. The first-order valence-corrected chi connectivity index (χ1v) is 11.3. The van der Waals surface area contributed by atoms with Gasteiger partial charge >= 0.3 is 0 Å². The van der Waals surface area contributed by atoms with Gasteiger partial charge in [-0.1, -0.05) is 0 Å². The molecule has 4 heterocycles. The number of hydrogen-bond donors (Lipinski definition) is 2. The Morgan fingerprint density at radius 3 is 2.58 bits per heavy atom. The van der Waals surface area contributed by atoms with Crippen molar-refractivity contribution in [1.82, 2.24) is 39.7 Å². The SMILES string of the molecule is CCn1c(-c2cnc(C)nc2)nc2c(N[C@H]3C[C@H](C(=O)NC)N(C(=O)C4CC4)C3)ncnc21. The molecular weight excluding hydrogens is 422 g/mol. The molecule has 5 rings (SSSR count). The number of aromatic nitrogens is 6. The van der Waals surface area contributed by atoms with E-state index in [4.69, 9.17) is 4.98 Å². The lowest BCUT2D eigenvalue weighted by atomic mass is 10.1. The van der Waals surface area contributed by atoms with Gasteiger partial charge in [-0.2, -0.15) is 0 Å². The summed E-state index contributed by atoms with van der Waals surface area (Å²) in [5, 5.41) is 6.12. The Kier molecular flexibility index (Phi) is 5.39. The third-order valence-electron chi connectivity index (χ3n) is 6.29. The minimum absolute atomic E-state index is 0.0567. The highest BCUT2D eigenvalue weighted by Crippen LogP contribution is 2.35. The Balaban J connectivity index is 1.46. The van der Waals surface area contributed by atoms with Gasteiger partial charge in [0.2, 0.25) is 11.8 Å². The fourth-order valence-electron chi connectivity index (χ4n) is 4.43. The Labute approximate surface area is 191 Å². The number of likely N-dealkylation sites (tertiary alicyclic amines) is 1. The molecule has 0 radical (unpaired) electrons. The summed E-state index contributed by atoms with van der Waals surface area (Å²) in [5.41, 5.74) is 2.14. The molecule has 3 aromatic rings. The molecule has 1 aliphatic heterocycles. The van der Waals surface area contributed by atoms with E-state index in [-0.39, 0.29) is 23.8 Å². The van der Waals surface area contributed by atoms with Crippen molar-refractivity contribution in [2.24, 2.45) is 5.92 Å². The maximum absolute atomic E-state index is 12.8. The van der Waals surface area contributed by atoms with E-state index in [0.717, 1.165) is 24.2 Å². The topological polar surface area (TPSA) is 131 Å². The van der Waals surface area contributed by atoms with Crippen molar-refractivity contribution in [1.29, 1.82) is 0 Å². The van der Waals surface area contributed by atoms with Crippen LogP contribution in [0.25, 0.3) is 22.6 Å². The number of fused-ring (bicyclic) bond motifs is 1. The molecule has 2 amide bonds. The second kappa shape index (κ2) is 8.38. The van der Waals surface area contributed by atoms with Gasteiger partial charge < -0.3 is 20.1 Å². The van der Waals surface area contributed by atoms with Crippen LogP contribution in [0.2, 0.25) is 0 Å². The second-order valence-electron chi connectivity index (χ2n) is 8.56. The van der Waals surface area contributed by atoms with Crippen LogP contribution in [-0.4, -0.2) is 71.9 Å². The number of anilines is 1. The molecule has 0 bridgehead atoms. The van der Waals surface area contributed by atoms with Crippen LogP contribution in [0.15, 0.2) is 18.7 Å².